The van der Waals surface area contributed by atoms with E-state index in [1.807, 2.05) is 25.1 Å². The number of sulfonamides is 1. The molecule has 0 saturated carbocycles. The van der Waals surface area contributed by atoms with E-state index in [1.165, 1.54) is 9.87 Å². The zero-order valence-electron chi connectivity index (χ0n) is 17.5. The number of nitrogens with zero attached hydrogens (tertiary/aromatic N) is 4. The van der Waals surface area contributed by atoms with Crippen molar-refractivity contribution in [3.63, 3.8) is 0 Å². The molecule has 2 aliphatic heterocycles. The Bertz CT molecular complexity index is 1040. The first kappa shape index (κ1) is 20.9. The molecule has 7 nitrogen and oxygen atoms in total. The van der Waals surface area contributed by atoms with Crippen LogP contribution in [0.3, 0.4) is 0 Å². The minimum atomic E-state index is -3.33. The quantitative estimate of drug-likeness (QED) is 0.706. The number of aryl methyl sites for hydroxylation is 1. The maximum absolute atomic E-state index is 12.8. The summed E-state index contributed by atoms with van der Waals surface area (Å²) in [5.74, 6) is 1.30. The third-order valence-corrected chi connectivity index (χ3v) is 7.93. The number of hydrogen-bond donors (Lipinski definition) is 0. The number of amides is 1. The average molecular weight is 429 g/mol. The summed E-state index contributed by atoms with van der Waals surface area (Å²) in [6, 6.07) is 9.72. The predicted octanol–water partition coefficient (Wildman–Crippen LogP) is 2.79. The van der Waals surface area contributed by atoms with Gasteiger partial charge in [0.25, 0.3) is 0 Å². The summed E-state index contributed by atoms with van der Waals surface area (Å²) >= 11 is 0. The number of carbonyl (C=O) groups excluding carboxylic acids is 1. The fraction of sp³-hybridized carbons (Fsp3) is 0.500. The van der Waals surface area contributed by atoms with Crippen molar-refractivity contribution in [2.24, 2.45) is 0 Å². The molecule has 0 spiro atoms. The van der Waals surface area contributed by atoms with Gasteiger partial charge in [0.05, 0.1) is 11.8 Å². The van der Waals surface area contributed by atoms with Crippen LogP contribution < -0.4 is 4.90 Å². The minimum absolute atomic E-state index is 0.0620. The van der Waals surface area contributed by atoms with Crippen LogP contribution in [0.2, 0.25) is 0 Å². The summed E-state index contributed by atoms with van der Waals surface area (Å²) in [5.41, 5.74) is 3.00. The molecule has 0 radical (unpaired) electrons. The van der Waals surface area contributed by atoms with Crippen LogP contribution in [0, 0.1) is 6.92 Å². The Morgan fingerprint density at radius 3 is 2.63 bits per heavy atom. The standard InChI is InChI=1S/C22H28N4O3S/c1-3-30(28,29)26-14-7-10-19(26)21-23-16(2)18-11-12-20(27)25(22(18)24-21)15-13-17-8-5-4-6-9-17/h4-6,8-9,19H,3,7,10-15H2,1-2H3. The Morgan fingerprint density at radius 1 is 1.13 bits per heavy atom. The first-order valence-corrected chi connectivity index (χ1v) is 12.2. The molecule has 1 atom stereocenters. The smallest absolute Gasteiger partial charge is 0.228 e. The fourth-order valence-electron chi connectivity index (χ4n) is 4.37. The van der Waals surface area contributed by atoms with Gasteiger partial charge in [-0.15, -0.1) is 0 Å². The monoisotopic (exact) mass is 428 g/mol. The van der Waals surface area contributed by atoms with Gasteiger partial charge in [0.2, 0.25) is 15.9 Å². The molecule has 2 aromatic rings. The average Bonchev–Trinajstić information content (AvgIpc) is 3.24. The van der Waals surface area contributed by atoms with Crippen LogP contribution in [-0.4, -0.2) is 47.4 Å². The van der Waals surface area contributed by atoms with E-state index in [1.54, 1.807) is 11.8 Å². The van der Waals surface area contributed by atoms with E-state index < -0.39 is 10.0 Å². The van der Waals surface area contributed by atoms with Crippen LogP contribution in [0.25, 0.3) is 0 Å². The van der Waals surface area contributed by atoms with Gasteiger partial charge in [0.15, 0.2) is 0 Å². The second-order valence-corrected chi connectivity index (χ2v) is 10.1. The van der Waals surface area contributed by atoms with Crippen molar-refractivity contribution in [1.29, 1.82) is 0 Å². The lowest BCUT2D eigenvalue weighted by molar-refractivity contribution is -0.118. The van der Waals surface area contributed by atoms with Crippen molar-refractivity contribution in [2.75, 3.05) is 23.7 Å². The highest BCUT2D eigenvalue weighted by molar-refractivity contribution is 7.89. The fourth-order valence-corrected chi connectivity index (χ4v) is 5.69. The molecule has 3 heterocycles. The molecule has 8 heteroatoms. The maximum atomic E-state index is 12.8. The van der Waals surface area contributed by atoms with Gasteiger partial charge < -0.3 is 0 Å². The number of fused-ring (bicyclic) bond motifs is 1. The second-order valence-electron chi connectivity index (χ2n) is 7.92. The largest absolute Gasteiger partial charge is 0.296 e. The Balaban J connectivity index is 1.67. The number of carbonyl (C=O) groups is 1. The number of rotatable bonds is 6. The van der Waals surface area contributed by atoms with E-state index >= 15 is 0 Å². The zero-order valence-corrected chi connectivity index (χ0v) is 18.4. The zero-order chi connectivity index (χ0) is 21.3. The van der Waals surface area contributed by atoms with Crippen LogP contribution >= 0.6 is 0 Å². The van der Waals surface area contributed by atoms with Crippen LogP contribution in [0.5, 0.6) is 0 Å². The van der Waals surface area contributed by atoms with E-state index in [2.05, 4.69) is 17.1 Å². The van der Waals surface area contributed by atoms with E-state index in [9.17, 15) is 13.2 Å². The summed E-state index contributed by atoms with van der Waals surface area (Å²) < 4.78 is 26.6. The van der Waals surface area contributed by atoms with Crippen molar-refractivity contribution in [1.82, 2.24) is 14.3 Å². The highest BCUT2D eigenvalue weighted by Crippen LogP contribution is 2.36. The van der Waals surface area contributed by atoms with Crippen LogP contribution in [-0.2, 0) is 27.7 Å². The van der Waals surface area contributed by atoms with Gasteiger partial charge in [-0.25, -0.2) is 18.4 Å². The number of benzene rings is 1. The van der Waals surface area contributed by atoms with Gasteiger partial charge in [0, 0.05) is 30.8 Å². The molecule has 1 aromatic heterocycles. The molecule has 30 heavy (non-hydrogen) atoms. The summed E-state index contributed by atoms with van der Waals surface area (Å²) in [5, 5.41) is 0. The van der Waals surface area contributed by atoms with Crippen LogP contribution in [0.15, 0.2) is 30.3 Å². The molecular weight excluding hydrogens is 400 g/mol. The van der Waals surface area contributed by atoms with Crippen molar-refractivity contribution >= 4 is 21.7 Å². The van der Waals surface area contributed by atoms with Crippen molar-refractivity contribution in [3.8, 4) is 0 Å². The molecule has 1 amide bonds. The van der Waals surface area contributed by atoms with Gasteiger partial charge in [-0.1, -0.05) is 30.3 Å². The molecule has 0 N–H and O–H groups in total. The van der Waals surface area contributed by atoms with Gasteiger partial charge in [-0.2, -0.15) is 4.31 Å². The lowest BCUT2D eigenvalue weighted by atomic mass is 10.0. The van der Waals surface area contributed by atoms with E-state index in [4.69, 9.17) is 4.98 Å². The predicted molar refractivity (Wildman–Crippen MR) is 116 cm³/mol. The van der Waals surface area contributed by atoms with Crippen LogP contribution in [0.1, 0.15) is 54.9 Å². The molecular formula is C22H28N4O3S. The molecule has 160 valence electrons. The van der Waals surface area contributed by atoms with E-state index in [0.29, 0.717) is 44.0 Å². The first-order valence-electron chi connectivity index (χ1n) is 10.6. The molecule has 0 bridgehead atoms. The molecule has 0 aliphatic carbocycles. The molecule has 1 unspecified atom stereocenters. The Hall–Kier alpha value is -2.32. The molecule has 1 fully saturated rings. The van der Waals surface area contributed by atoms with Gasteiger partial charge in [-0.05, 0) is 45.1 Å². The third kappa shape index (κ3) is 3.98. The van der Waals surface area contributed by atoms with E-state index in [-0.39, 0.29) is 17.7 Å². The summed E-state index contributed by atoms with van der Waals surface area (Å²) in [6.45, 7) is 4.64. The Morgan fingerprint density at radius 2 is 1.90 bits per heavy atom. The Labute approximate surface area is 178 Å². The second kappa shape index (κ2) is 8.43. The molecule has 1 saturated heterocycles. The van der Waals surface area contributed by atoms with Crippen molar-refractivity contribution in [2.45, 2.75) is 52.0 Å². The lowest BCUT2D eigenvalue weighted by Gasteiger charge is -2.31. The highest BCUT2D eigenvalue weighted by Gasteiger charge is 2.37. The van der Waals surface area contributed by atoms with Gasteiger partial charge in [0.1, 0.15) is 11.6 Å². The highest BCUT2D eigenvalue weighted by atomic mass is 32.2. The third-order valence-electron chi connectivity index (χ3n) is 6.05. The van der Waals surface area contributed by atoms with E-state index in [0.717, 1.165) is 24.1 Å². The normalized spacial score (nSPS) is 19.9. The SMILES string of the molecule is CCS(=O)(=O)N1CCCC1c1nc(C)c2c(n1)N(CCc1ccccc1)C(=O)CC2. The van der Waals surface area contributed by atoms with Gasteiger partial charge >= 0.3 is 0 Å². The molecule has 1 aromatic carbocycles. The number of anilines is 1. The molecule has 4 rings (SSSR count). The topological polar surface area (TPSA) is 83.5 Å². The minimum Gasteiger partial charge on any atom is -0.296 e. The number of aromatic nitrogens is 2. The van der Waals surface area contributed by atoms with Crippen molar-refractivity contribution in [3.05, 3.63) is 53.0 Å². The molecule has 2 aliphatic rings. The summed E-state index contributed by atoms with van der Waals surface area (Å²) in [6.07, 6.45) is 3.31. The lowest BCUT2D eigenvalue weighted by Crippen LogP contribution is -2.39. The van der Waals surface area contributed by atoms with Gasteiger partial charge in [-0.3, -0.25) is 9.69 Å². The Kier molecular flexibility index (Phi) is 5.88. The van der Waals surface area contributed by atoms with Crippen LogP contribution in [0.4, 0.5) is 5.82 Å². The summed E-state index contributed by atoms with van der Waals surface area (Å²) in [7, 11) is -3.33. The van der Waals surface area contributed by atoms with Crippen molar-refractivity contribution < 1.29 is 13.2 Å². The number of hydrogen-bond acceptors (Lipinski definition) is 5. The maximum Gasteiger partial charge on any atom is 0.228 e. The first-order chi connectivity index (χ1) is 14.4. The summed E-state index contributed by atoms with van der Waals surface area (Å²) in [4.78, 5) is 24.0.